The number of para-hydroxylation sites is 1. The van der Waals surface area contributed by atoms with Gasteiger partial charge in [-0.25, -0.2) is 0 Å². The van der Waals surface area contributed by atoms with Crippen LogP contribution in [-0.2, 0) is 0 Å². The smallest absolute Gasteiger partial charge is 0.315 e. The summed E-state index contributed by atoms with van der Waals surface area (Å²) in [6.45, 7) is 6.12. The molecule has 6 nitrogen and oxygen atoms in total. The summed E-state index contributed by atoms with van der Waals surface area (Å²) in [7, 11) is 0. The van der Waals surface area contributed by atoms with Gasteiger partial charge in [-0.1, -0.05) is 13.0 Å². The van der Waals surface area contributed by atoms with E-state index in [-0.39, 0.29) is 12.3 Å². The predicted octanol–water partition coefficient (Wildman–Crippen LogP) is 2.60. The van der Waals surface area contributed by atoms with E-state index in [2.05, 4.69) is 10.6 Å². The topological polar surface area (TPSA) is 87.4 Å². The van der Waals surface area contributed by atoms with E-state index in [1.54, 1.807) is 32.0 Å². The van der Waals surface area contributed by atoms with Crippen LogP contribution < -0.4 is 10.6 Å². The SMILES string of the molecule is CCCNc1cccc(NC(C)(C)CO)c1[N+](=O)[O-]. The lowest BCUT2D eigenvalue weighted by Crippen LogP contribution is -2.35. The zero-order chi connectivity index (χ0) is 14.5. The number of nitro benzene ring substituents is 1. The summed E-state index contributed by atoms with van der Waals surface area (Å²) in [4.78, 5) is 10.8. The molecular weight excluding hydrogens is 246 g/mol. The highest BCUT2D eigenvalue weighted by atomic mass is 16.6. The van der Waals surface area contributed by atoms with Crippen molar-refractivity contribution < 1.29 is 10.0 Å². The lowest BCUT2D eigenvalue weighted by molar-refractivity contribution is -0.383. The number of aliphatic hydroxyl groups excluding tert-OH is 1. The Balaban J connectivity index is 3.13. The molecule has 0 atom stereocenters. The summed E-state index contributed by atoms with van der Waals surface area (Å²) in [6.07, 6.45) is 0.886. The number of nitro groups is 1. The molecule has 0 unspecified atom stereocenters. The van der Waals surface area contributed by atoms with Crippen LogP contribution in [0.1, 0.15) is 27.2 Å². The van der Waals surface area contributed by atoms with Crippen LogP contribution in [0.15, 0.2) is 18.2 Å². The molecule has 0 aliphatic heterocycles. The average Bonchev–Trinajstić information content (AvgIpc) is 2.35. The van der Waals surface area contributed by atoms with E-state index < -0.39 is 10.5 Å². The highest BCUT2D eigenvalue weighted by Crippen LogP contribution is 2.34. The standard InChI is InChI=1S/C13H21N3O3/c1-4-8-14-10-6-5-7-11(12(10)16(18)19)15-13(2,3)9-17/h5-7,14-15,17H,4,8-9H2,1-3H3. The fourth-order valence-corrected chi connectivity index (χ4v) is 1.65. The number of aliphatic hydroxyl groups is 1. The Labute approximate surface area is 113 Å². The van der Waals surface area contributed by atoms with Gasteiger partial charge in [0.2, 0.25) is 0 Å². The monoisotopic (exact) mass is 267 g/mol. The molecule has 0 bridgehead atoms. The third-order valence-corrected chi connectivity index (χ3v) is 2.65. The van der Waals surface area contributed by atoms with Gasteiger partial charge in [-0.3, -0.25) is 10.1 Å². The van der Waals surface area contributed by atoms with Gasteiger partial charge >= 0.3 is 5.69 Å². The first-order chi connectivity index (χ1) is 8.91. The number of nitrogens with zero attached hydrogens (tertiary/aromatic N) is 1. The number of nitrogens with one attached hydrogen (secondary N) is 2. The van der Waals surface area contributed by atoms with Crippen molar-refractivity contribution in [1.82, 2.24) is 0 Å². The molecule has 1 rings (SSSR count). The summed E-state index contributed by atoms with van der Waals surface area (Å²) < 4.78 is 0. The van der Waals surface area contributed by atoms with Gasteiger partial charge in [0, 0.05) is 6.54 Å². The predicted molar refractivity (Wildman–Crippen MR) is 76.7 cm³/mol. The summed E-state index contributed by atoms with van der Waals surface area (Å²) in [5, 5.41) is 26.5. The van der Waals surface area contributed by atoms with Crippen LogP contribution in [0.4, 0.5) is 17.1 Å². The average molecular weight is 267 g/mol. The van der Waals surface area contributed by atoms with Crippen molar-refractivity contribution in [2.75, 3.05) is 23.8 Å². The van der Waals surface area contributed by atoms with E-state index in [0.29, 0.717) is 17.9 Å². The second-order valence-corrected chi connectivity index (χ2v) is 5.05. The molecule has 1 aromatic rings. The van der Waals surface area contributed by atoms with Crippen LogP contribution in [-0.4, -0.2) is 28.7 Å². The number of rotatable bonds is 7. The highest BCUT2D eigenvalue weighted by molar-refractivity contribution is 5.76. The molecule has 106 valence electrons. The zero-order valence-corrected chi connectivity index (χ0v) is 11.6. The van der Waals surface area contributed by atoms with E-state index >= 15 is 0 Å². The Morgan fingerprint density at radius 2 is 2.00 bits per heavy atom. The first-order valence-electron chi connectivity index (χ1n) is 6.31. The van der Waals surface area contributed by atoms with Gasteiger partial charge in [-0.15, -0.1) is 0 Å². The molecule has 0 radical (unpaired) electrons. The largest absolute Gasteiger partial charge is 0.394 e. The normalized spacial score (nSPS) is 11.2. The number of hydrogen-bond acceptors (Lipinski definition) is 5. The minimum atomic E-state index is -0.617. The quantitative estimate of drug-likeness (QED) is 0.522. The van der Waals surface area contributed by atoms with Gasteiger partial charge in [0.25, 0.3) is 0 Å². The van der Waals surface area contributed by atoms with Crippen molar-refractivity contribution in [1.29, 1.82) is 0 Å². The molecule has 0 saturated heterocycles. The van der Waals surface area contributed by atoms with Gasteiger partial charge in [0.15, 0.2) is 0 Å². The second kappa shape index (κ2) is 6.38. The molecule has 0 fully saturated rings. The van der Waals surface area contributed by atoms with Crippen molar-refractivity contribution in [2.45, 2.75) is 32.7 Å². The minimum absolute atomic E-state index is 0.0116. The lowest BCUT2D eigenvalue weighted by atomic mass is 10.1. The fourth-order valence-electron chi connectivity index (χ4n) is 1.65. The molecule has 0 saturated carbocycles. The number of benzene rings is 1. The van der Waals surface area contributed by atoms with Crippen LogP contribution in [0.2, 0.25) is 0 Å². The molecule has 0 spiro atoms. The van der Waals surface area contributed by atoms with Gasteiger partial charge in [0.1, 0.15) is 11.4 Å². The Hall–Kier alpha value is -1.82. The molecule has 3 N–H and O–H groups in total. The van der Waals surface area contributed by atoms with E-state index in [1.807, 2.05) is 6.92 Å². The molecular formula is C13H21N3O3. The summed E-state index contributed by atoms with van der Waals surface area (Å²) in [6, 6.07) is 5.08. The minimum Gasteiger partial charge on any atom is -0.394 e. The van der Waals surface area contributed by atoms with Gasteiger partial charge in [0.05, 0.1) is 17.1 Å². The van der Waals surface area contributed by atoms with Crippen LogP contribution in [0.3, 0.4) is 0 Å². The van der Waals surface area contributed by atoms with E-state index in [0.717, 1.165) is 6.42 Å². The summed E-state index contributed by atoms with van der Waals surface area (Å²) >= 11 is 0. The maximum Gasteiger partial charge on any atom is 0.315 e. The van der Waals surface area contributed by atoms with Crippen LogP contribution >= 0.6 is 0 Å². The van der Waals surface area contributed by atoms with Crippen LogP contribution in [0.25, 0.3) is 0 Å². The number of hydrogen-bond donors (Lipinski definition) is 3. The Morgan fingerprint density at radius 1 is 1.37 bits per heavy atom. The molecule has 0 aliphatic rings. The molecule has 6 heteroatoms. The second-order valence-electron chi connectivity index (χ2n) is 5.05. The van der Waals surface area contributed by atoms with E-state index in [1.165, 1.54) is 0 Å². The van der Waals surface area contributed by atoms with Crippen molar-refractivity contribution in [3.8, 4) is 0 Å². The van der Waals surface area contributed by atoms with E-state index in [9.17, 15) is 15.2 Å². The zero-order valence-electron chi connectivity index (χ0n) is 11.6. The van der Waals surface area contributed by atoms with Crippen LogP contribution in [0, 0.1) is 10.1 Å². The van der Waals surface area contributed by atoms with Crippen molar-refractivity contribution in [2.24, 2.45) is 0 Å². The van der Waals surface area contributed by atoms with E-state index in [4.69, 9.17) is 0 Å². The highest BCUT2D eigenvalue weighted by Gasteiger charge is 2.24. The molecule has 0 amide bonds. The third-order valence-electron chi connectivity index (χ3n) is 2.65. The van der Waals surface area contributed by atoms with Crippen molar-refractivity contribution in [3.05, 3.63) is 28.3 Å². The first-order valence-corrected chi connectivity index (χ1v) is 6.31. The van der Waals surface area contributed by atoms with Crippen molar-refractivity contribution >= 4 is 17.1 Å². The van der Waals surface area contributed by atoms with Gasteiger partial charge in [-0.2, -0.15) is 0 Å². The summed E-state index contributed by atoms with van der Waals surface area (Å²) in [5.74, 6) is 0. The Bertz CT molecular complexity index is 447. The van der Waals surface area contributed by atoms with Gasteiger partial charge < -0.3 is 15.7 Å². The molecule has 19 heavy (non-hydrogen) atoms. The van der Waals surface area contributed by atoms with Crippen LogP contribution in [0.5, 0.6) is 0 Å². The number of anilines is 2. The van der Waals surface area contributed by atoms with Gasteiger partial charge in [-0.05, 0) is 32.4 Å². The fraction of sp³-hybridized carbons (Fsp3) is 0.538. The van der Waals surface area contributed by atoms with Crippen molar-refractivity contribution in [3.63, 3.8) is 0 Å². The Kier molecular flexibility index (Phi) is 5.11. The third kappa shape index (κ3) is 4.10. The molecule has 1 aromatic carbocycles. The maximum absolute atomic E-state index is 11.2. The first kappa shape index (κ1) is 15.2. The Morgan fingerprint density at radius 3 is 2.53 bits per heavy atom. The maximum atomic E-state index is 11.2. The molecule has 0 heterocycles. The lowest BCUT2D eigenvalue weighted by Gasteiger charge is -2.25. The molecule has 0 aliphatic carbocycles. The summed E-state index contributed by atoms with van der Waals surface area (Å²) in [5.41, 5.74) is 0.293. The molecule has 0 aromatic heterocycles.